The Kier molecular flexibility index (Phi) is 4.04. The van der Waals surface area contributed by atoms with E-state index in [9.17, 15) is 4.79 Å². The Morgan fingerprint density at radius 2 is 2.17 bits per heavy atom. The number of hydrogen-bond donors (Lipinski definition) is 2. The molecule has 1 unspecified atom stereocenters. The van der Waals surface area contributed by atoms with E-state index in [-0.39, 0.29) is 12.1 Å². The van der Waals surface area contributed by atoms with Gasteiger partial charge in [0, 0.05) is 19.6 Å². The second-order valence-corrected chi connectivity index (χ2v) is 4.24. The van der Waals surface area contributed by atoms with Crippen molar-refractivity contribution >= 4 is 6.03 Å². The zero-order chi connectivity index (χ0) is 13.0. The minimum Gasteiger partial charge on any atom is -0.494 e. The van der Waals surface area contributed by atoms with Crippen LogP contribution >= 0.6 is 0 Å². The Morgan fingerprint density at radius 3 is 2.78 bits per heavy atom. The summed E-state index contributed by atoms with van der Waals surface area (Å²) in [5, 5.41) is 2.95. The Hall–Kier alpha value is -1.75. The fraction of sp³-hybridized carbons (Fsp3) is 0.462. The third-order valence-electron chi connectivity index (χ3n) is 2.98. The van der Waals surface area contributed by atoms with Crippen molar-refractivity contribution in [1.82, 2.24) is 10.2 Å². The summed E-state index contributed by atoms with van der Waals surface area (Å²) in [6.45, 7) is 4.37. The Bertz CT molecular complexity index is 405. The largest absolute Gasteiger partial charge is 0.494 e. The molecule has 1 saturated heterocycles. The van der Waals surface area contributed by atoms with Crippen molar-refractivity contribution in [2.75, 3.05) is 26.2 Å². The smallest absolute Gasteiger partial charge is 0.318 e. The summed E-state index contributed by atoms with van der Waals surface area (Å²) in [5.41, 5.74) is 6.56. The van der Waals surface area contributed by atoms with Crippen LogP contribution in [-0.4, -0.2) is 37.2 Å². The topological polar surface area (TPSA) is 67.6 Å². The quantitative estimate of drug-likeness (QED) is 0.821. The van der Waals surface area contributed by atoms with Gasteiger partial charge in [0.25, 0.3) is 0 Å². The molecule has 1 heterocycles. The van der Waals surface area contributed by atoms with Crippen LogP contribution in [-0.2, 0) is 0 Å². The van der Waals surface area contributed by atoms with Crippen LogP contribution in [0.25, 0.3) is 0 Å². The van der Waals surface area contributed by atoms with Gasteiger partial charge in [-0.05, 0) is 24.6 Å². The number of carbonyl (C=O) groups excluding carboxylic acids is 1. The number of nitrogens with one attached hydrogen (secondary N) is 1. The number of benzene rings is 1. The lowest BCUT2D eigenvalue weighted by Gasteiger charge is -2.13. The summed E-state index contributed by atoms with van der Waals surface area (Å²) in [4.78, 5) is 13.4. The highest BCUT2D eigenvalue weighted by Gasteiger charge is 2.28. The van der Waals surface area contributed by atoms with E-state index in [1.54, 1.807) is 4.90 Å². The molecule has 5 heteroatoms. The van der Waals surface area contributed by atoms with Crippen molar-refractivity contribution in [1.29, 1.82) is 0 Å². The molecule has 0 bridgehead atoms. The molecule has 0 spiro atoms. The van der Waals surface area contributed by atoms with Gasteiger partial charge in [0.2, 0.25) is 0 Å². The molecule has 0 saturated carbocycles. The lowest BCUT2D eigenvalue weighted by Crippen LogP contribution is -2.32. The van der Waals surface area contributed by atoms with Crippen LogP contribution in [0.3, 0.4) is 0 Å². The standard InChI is InChI=1S/C13H19N3O2/c1-2-18-11-5-3-10(4-6-11)12-9-16(8-7-14)13(17)15-12/h3-6,12H,2,7-9,14H2,1H3,(H,15,17). The highest BCUT2D eigenvalue weighted by molar-refractivity contribution is 5.77. The maximum atomic E-state index is 11.7. The van der Waals surface area contributed by atoms with Gasteiger partial charge in [-0.1, -0.05) is 12.1 Å². The van der Waals surface area contributed by atoms with Crippen LogP contribution in [0.1, 0.15) is 18.5 Å². The minimum absolute atomic E-state index is 0.0414. The second kappa shape index (κ2) is 5.73. The number of hydrogen-bond acceptors (Lipinski definition) is 3. The lowest BCUT2D eigenvalue weighted by molar-refractivity contribution is 0.218. The summed E-state index contributed by atoms with van der Waals surface area (Å²) < 4.78 is 5.39. The summed E-state index contributed by atoms with van der Waals surface area (Å²) in [6, 6.07) is 7.83. The summed E-state index contributed by atoms with van der Waals surface area (Å²) in [7, 11) is 0. The van der Waals surface area contributed by atoms with Crippen LogP contribution < -0.4 is 15.8 Å². The number of nitrogens with zero attached hydrogens (tertiary/aromatic N) is 1. The van der Waals surface area contributed by atoms with E-state index in [0.717, 1.165) is 11.3 Å². The third-order valence-corrected chi connectivity index (χ3v) is 2.98. The molecule has 0 aromatic heterocycles. The van der Waals surface area contributed by atoms with Crippen molar-refractivity contribution in [2.45, 2.75) is 13.0 Å². The van der Waals surface area contributed by atoms with Crippen LogP contribution in [0.5, 0.6) is 5.75 Å². The van der Waals surface area contributed by atoms with Gasteiger partial charge in [0.1, 0.15) is 5.75 Å². The van der Waals surface area contributed by atoms with Crippen molar-refractivity contribution < 1.29 is 9.53 Å². The average Bonchev–Trinajstić information content (AvgIpc) is 2.73. The van der Waals surface area contributed by atoms with Crippen LogP contribution in [0.2, 0.25) is 0 Å². The molecule has 2 amide bonds. The molecule has 98 valence electrons. The summed E-state index contributed by atoms with van der Waals surface area (Å²) in [5.74, 6) is 0.851. The first-order valence-electron chi connectivity index (χ1n) is 6.23. The van der Waals surface area contributed by atoms with Crippen molar-refractivity contribution in [3.63, 3.8) is 0 Å². The highest BCUT2D eigenvalue weighted by Crippen LogP contribution is 2.22. The number of urea groups is 1. The fourth-order valence-electron chi connectivity index (χ4n) is 2.09. The highest BCUT2D eigenvalue weighted by atomic mass is 16.5. The predicted molar refractivity (Wildman–Crippen MR) is 69.5 cm³/mol. The van der Waals surface area contributed by atoms with E-state index >= 15 is 0 Å². The van der Waals surface area contributed by atoms with Gasteiger partial charge in [-0.2, -0.15) is 0 Å². The first kappa shape index (κ1) is 12.7. The minimum atomic E-state index is -0.0423. The number of rotatable bonds is 5. The van der Waals surface area contributed by atoms with Gasteiger partial charge in [-0.15, -0.1) is 0 Å². The zero-order valence-electron chi connectivity index (χ0n) is 10.6. The van der Waals surface area contributed by atoms with Crippen molar-refractivity contribution in [3.05, 3.63) is 29.8 Å². The molecule has 5 nitrogen and oxygen atoms in total. The molecular weight excluding hydrogens is 230 g/mol. The van der Waals surface area contributed by atoms with E-state index in [1.165, 1.54) is 0 Å². The van der Waals surface area contributed by atoms with Gasteiger partial charge < -0.3 is 20.7 Å². The van der Waals surface area contributed by atoms with Crippen LogP contribution in [0.4, 0.5) is 4.79 Å². The molecule has 1 atom stereocenters. The normalized spacial score (nSPS) is 18.9. The predicted octanol–water partition coefficient (Wildman–Crippen LogP) is 1.11. The number of amides is 2. The average molecular weight is 249 g/mol. The third kappa shape index (κ3) is 2.73. The van der Waals surface area contributed by atoms with Gasteiger partial charge in [-0.25, -0.2) is 4.79 Å². The SMILES string of the molecule is CCOc1ccc(C2CN(CCN)C(=O)N2)cc1. The van der Waals surface area contributed by atoms with Crippen molar-refractivity contribution in [2.24, 2.45) is 5.73 Å². The molecule has 2 rings (SSSR count). The molecule has 1 aromatic rings. The van der Waals surface area contributed by atoms with Crippen LogP contribution in [0, 0.1) is 0 Å². The van der Waals surface area contributed by atoms with Crippen molar-refractivity contribution in [3.8, 4) is 5.75 Å². The molecule has 1 aliphatic heterocycles. The van der Waals surface area contributed by atoms with E-state index in [0.29, 0.717) is 26.2 Å². The van der Waals surface area contributed by atoms with E-state index in [1.807, 2.05) is 31.2 Å². The van der Waals surface area contributed by atoms with E-state index in [2.05, 4.69) is 5.32 Å². The van der Waals surface area contributed by atoms with Gasteiger partial charge >= 0.3 is 6.03 Å². The maximum absolute atomic E-state index is 11.7. The molecule has 1 fully saturated rings. The lowest BCUT2D eigenvalue weighted by atomic mass is 10.1. The molecular formula is C13H19N3O2. The second-order valence-electron chi connectivity index (χ2n) is 4.24. The monoisotopic (exact) mass is 249 g/mol. The van der Waals surface area contributed by atoms with Gasteiger partial charge in [0.05, 0.1) is 12.6 Å². The number of nitrogens with two attached hydrogens (primary N) is 1. The molecule has 3 N–H and O–H groups in total. The molecule has 1 aliphatic rings. The number of ether oxygens (including phenoxy) is 1. The Balaban J connectivity index is 2.02. The maximum Gasteiger partial charge on any atom is 0.318 e. The molecule has 1 aromatic carbocycles. The Labute approximate surface area is 107 Å². The summed E-state index contributed by atoms with van der Waals surface area (Å²) >= 11 is 0. The van der Waals surface area contributed by atoms with Crippen LogP contribution in [0.15, 0.2) is 24.3 Å². The first-order valence-corrected chi connectivity index (χ1v) is 6.23. The fourth-order valence-corrected chi connectivity index (χ4v) is 2.09. The zero-order valence-corrected chi connectivity index (χ0v) is 10.6. The Morgan fingerprint density at radius 1 is 1.44 bits per heavy atom. The molecule has 18 heavy (non-hydrogen) atoms. The van der Waals surface area contributed by atoms with Gasteiger partial charge in [-0.3, -0.25) is 0 Å². The van der Waals surface area contributed by atoms with E-state index < -0.39 is 0 Å². The van der Waals surface area contributed by atoms with E-state index in [4.69, 9.17) is 10.5 Å². The molecule has 0 aliphatic carbocycles. The van der Waals surface area contributed by atoms with Gasteiger partial charge in [0.15, 0.2) is 0 Å². The first-order chi connectivity index (χ1) is 8.74. The number of carbonyl (C=O) groups is 1. The summed E-state index contributed by atoms with van der Waals surface area (Å²) in [6.07, 6.45) is 0. The molecule has 0 radical (unpaired) electrons.